The van der Waals surface area contributed by atoms with Crippen LogP contribution in [0.4, 0.5) is 5.69 Å². The Morgan fingerprint density at radius 1 is 1.47 bits per heavy atom. The second-order valence-corrected chi connectivity index (χ2v) is 3.89. The number of rotatable bonds is 2. The molecule has 0 aromatic carbocycles. The highest BCUT2D eigenvalue weighted by Gasteiger charge is 2.17. The van der Waals surface area contributed by atoms with E-state index in [2.05, 4.69) is 4.98 Å². The number of nitrogens with zero attached hydrogens (tertiary/aromatic N) is 1. The van der Waals surface area contributed by atoms with Crippen molar-refractivity contribution in [2.75, 3.05) is 18.9 Å². The Hall–Kier alpha value is -1.00. The van der Waals surface area contributed by atoms with Crippen molar-refractivity contribution in [3.8, 4) is 5.88 Å². The van der Waals surface area contributed by atoms with Crippen LogP contribution in [0.3, 0.4) is 0 Å². The zero-order chi connectivity index (χ0) is 10.7. The molecule has 0 saturated carbocycles. The largest absolute Gasteiger partial charge is 0.473 e. The highest BCUT2D eigenvalue weighted by atomic mass is 35.5. The van der Waals surface area contributed by atoms with E-state index in [1.165, 1.54) is 0 Å². The van der Waals surface area contributed by atoms with Gasteiger partial charge in [0.15, 0.2) is 0 Å². The number of nitrogens with two attached hydrogens (primary N) is 1. The summed E-state index contributed by atoms with van der Waals surface area (Å²) in [5, 5.41) is 0.460. The van der Waals surface area contributed by atoms with Crippen molar-refractivity contribution < 1.29 is 9.47 Å². The van der Waals surface area contributed by atoms with Gasteiger partial charge in [0.05, 0.1) is 25.1 Å². The van der Waals surface area contributed by atoms with Crippen molar-refractivity contribution in [1.29, 1.82) is 0 Å². The molecule has 2 rings (SSSR count). The first-order valence-corrected chi connectivity index (χ1v) is 5.29. The summed E-state index contributed by atoms with van der Waals surface area (Å²) in [6.07, 6.45) is 3.44. The molecule has 0 bridgehead atoms. The third-order valence-electron chi connectivity index (χ3n) is 2.28. The summed E-state index contributed by atoms with van der Waals surface area (Å²) in [5.41, 5.74) is 6.08. The Labute approximate surface area is 93.3 Å². The molecular weight excluding hydrogens is 216 g/mol. The van der Waals surface area contributed by atoms with Gasteiger partial charge < -0.3 is 15.2 Å². The van der Waals surface area contributed by atoms with E-state index in [9.17, 15) is 0 Å². The molecule has 2 heterocycles. The Kier molecular flexibility index (Phi) is 3.28. The lowest BCUT2D eigenvalue weighted by atomic mass is 10.1. The van der Waals surface area contributed by atoms with Crippen molar-refractivity contribution in [3.63, 3.8) is 0 Å². The van der Waals surface area contributed by atoms with Gasteiger partial charge >= 0.3 is 0 Å². The van der Waals surface area contributed by atoms with E-state index in [1.54, 1.807) is 12.3 Å². The normalized spacial score (nSPS) is 17.7. The number of aromatic nitrogens is 1. The van der Waals surface area contributed by atoms with Gasteiger partial charge in [0.1, 0.15) is 11.1 Å². The van der Waals surface area contributed by atoms with Crippen molar-refractivity contribution in [1.82, 2.24) is 4.98 Å². The Balaban J connectivity index is 2.03. The fraction of sp³-hybridized carbons (Fsp3) is 0.500. The van der Waals surface area contributed by atoms with Crippen LogP contribution in [-0.2, 0) is 4.74 Å². The van der Waals surface area contributed by atoms with Gasteiger partial charge in [-0.05, 0) is 6.07 Å². The van der Waals surface area contributed by atoms with E-state index >= 15 is 0 Å². The number of ether oxygens (including phenoxy) is 2. The van der Waals surface area contributed by atoms with E-state index in [0.717, 1.165) is 26.1 Å². The molecule has 2 N–H and O–H groups in total. The van der Waals surface area contributed by atoms with Crippen LogP contribution in [0, 0.1) is 0 Å². The zero-order valence-corrected chi connectivity index (χ0v) is 9.04. The van der Waals surface area contributed by atoms with Crippen LogP contribution in [0.2, 0.25) is 5.02 Å². The fourth-order valence-corrected chi connectivity index (χ4v) is 1.70. The van der Waals surface area contributed by atoms with Gasteiger partial charge in [-0.3, -0.25) is 0 Å². The van der Waals surface area contributed by atoms with Crippen molar-refractivity contribution in [3.05, 3.63) is 17.3 Å². The molecule has 1 saturated heterocycles. The number of hydrogen-bond donors (Lipinski definition) is 1. The summed E-state index contributed by atoms with van der Waals surface area (Å²) in [5.74, 6) is 0.456. The minimum absolute atomic E-state index is 0.146. The first-order chi connectivity index (χ1) is 7.25. The quantitative estimate of drug-likeness (QED) is 0.840. The fourth-order valence-electron chi connectivity index (χ4n) is 1.48. The number of halogens is 1. The molecule has 82 valence electrons. The molecule has 1 aliphatic rings. The van der Waals surface area contributed by atoms with Crippen molar-refractivity contribution in [2.24, 2.45) is 0 Å². The van der Waals surface area contributed by atoms with Gasteiger partial charge in [-0.15, -0.1) is 0 Å². The molecule has 0 unspecified atom stereocenters. The van der Waals surface area contributed by atoms with Crippen LogP contribution in [-0.4, -0.2) is 24.3 Å². The van der Waals surface area contributed by atoms with Crippen LogP contribution in [0.25, 0.3) is 0 Å². The molecule has 1 fully saturated rings. The summed E-state index contributed by atoms with van der Waals surface area (Å²) in [4.78, 5) is 4.05. The van der Waals surface area contributed by atoms with Crippen LogP contribution in [0.5, 0.6) is 5.88 Å². The van der Waals surface area contributed by atoms with Crippen LogP contribution in [0.15, 0.2) is 12.3 Å². The average Bonchev–Trinajstić information content (AvgIpc) is 2.24. The molecule has 1 aromatic heterocycles. The predicted octanol–water partition coefficient (Wildman–Crippen LogP) is 1.88. The summed E-state index contributed by atoms with van der Waals surface area (Å²) >= 11 is 5.95. The number of anilines is 1. The highest BCUT2D eigenvalue weighted by Crippen LogP contribution is 2.25. The first kappa shape index (κ1) is 10.5. The lowest BCUT2D eigenvalue weighted by Gasteiger charge is -2.23. The SMILES string of the molecule is Nc1cnc(OC2CCOCC2)c(Cl)c1. The lowest BCUT2D eigenvalue weighted by molar-refractivity contribution is 0.0238. The minimum atomic E-state index is 0.146. The van der Waals surface area contributed by atoms with E-state index < -0.39 is 0 Å². The molecule has 5 heteroatoms. The maximum absolute atomic E-state index is 5.95. The highest BCUT2D eigenvalue weighted by molar-refractivity contribution is 6.32. The number of hydrogen-bond acceptors (Lipinski definition) is 4. The summed E-state index contributed by atoms with van der Waals surface area (Å²) < 4.78 is 10.9. The molecule has 4 nitrogen and oxygen atoms in total. The molecule has 1 aliphatic heterocycles. The van der Waals surface area contributed by atoms with E-state index in [-0.39, 0.29) is 6.10 Å². The molecular formula is C10H13ClN2O2. The van der Waals surface area contributed by atoms with Gasteiger partial charge in [0, 0.05) is 12.8 Å². The summed E-state index contributed by atoms with van der Waals surface area (Å²) in [6.45, 7) is 1.47. The predicted molar refractivity (Wildman–Crippen MR) is 58.1 cm³/mol. The van der Waals surface area contributed by atoms with Gasteiger partial charge in [-0.2, -0.15) is 0 Å². The molecule has 15 heavy (non-hydrogen) atoms. The molecule has 1 aromatic rings. The number of nitrogen functional groups attached to an aromatic ring is 1. The Bertz CT molecular complexity index is 340. The van der Waals surface area contributed by atoms with Crippen LogP contribution >= 0.6 is 11.6 Å². The van der Waals surface area contributed by atoms with E-state index in [4.69, 9.17) is 26.8 Å². The second-order valence-electron chi connectivity index (χ2n) is 3.49. The third-order valence-corrected chi connectivity index (χ3v) is 2.55. The Morgan fingerprint density at radius 2 is 2.20 bits per heavy atom. The molecule has 0 spiro atoms. The third kappa shape index (κ3) is 2.73. The van der Waals surface area contributed by atoms with Crippen molar-refractivity contribution >= 4 is 17.3 Å². The summed E-state index contributed by atoms with van der Waals surface area (Å²) in [6, 6.07) is 1.64. The average molecular weight is 229 g/mol. The molecule has 0 atom stereocenters. The van der Waals surface area contributed by atoms with E-state index in [1.807, 2.05) is 0 Å². The van der Waals surface area contributed by atoms with E-state index in [0.29, 0.717) is 16.6 Å². The van der Waals surface area contributed by atoms with Crippen molar-refractivity contribution in [2.45, 2.75) is 18.9 Å². The summed E-state index contributed by atoms with van der Waals surface area (Å²) in [7, 11) is 0. The topological polar surface area (TPSA) is 57.4 Å². The Morgan fingerprint density at radius 3 is 2.87 bits per heavy atom. The lowest BCUT2D eigenvalue weighted by Crippen LogP contribution is -2.26. The van der Waals surface area contributed by atoms with Gasteiger partial charge in [0.25, 0.3) is 0 Å². The minimum Gasteiger partial charge on any atom is -0.473 e. The molecule has 0 radical (unpaired) electrons. The smallest absolute Gasteiger partial charge is 0.232 e. The standard InChI is InChI=1S/C10H13ClN2O2/c11-9-5-7(12)6-13-10(9)15-8-1-3-14-4-2-8/h5-6,8H,1-4,12H2. The van der Waals surface area contributed by atoms with Crippen LogP contribution < -0.4 is 10.5 Å². The van der Waals surface area contributed by atoms with Gasteiger partial charge in [0.2, 0.25) is 5.88 Å². The van der Waals surface area contributed by atoms with Crippen LogP contribution in [0.1, 0.15) is 12.8 Å². The second kappa shape index (κ2) is 4.68. The maximum Gasteiger partial charge on any atom is 0.232 e. The van der Waals surface area contributed by atoms with Gasteiger partial charge in [-0.1, -0.05) is 11.6 Å². The molecule has 0 aliphatic carbocycles. The number of pyridine rings is 1. The maximum atomic E-state index is 5.95. The first-order valence-electron chi connectivity index (χ1n) is 4.91. The monoisotopic (exact) mass is 228 g/mol. The zero-order valence-electron chi connectivity index (χ0n) is 8.28. The molecule has 0 amide bonds. The van der Waals surface area contributed by atoms with Gasteiger partial charge in [-0.25, -0.2) is 4.98 Å².